The minimum Gasteiger partial charge on any atom is -0.480 e. The molecule has 0 saturated heterocycles. The minimum absolute atomic E-state index is 0.00244. The Kier molecular flexibility index (Phi) is 6.60. The molecule has 0 unspecified atom stereocenters. The molecule has 0 heterocycles. The van der Waals surface area contributed by atoms with Crippen molar-refractivity contribution in [2.75, 3.05) is 5.32 Å². The van der Waals surface area contributed by atoms with Gasteiger partial charge in [-0.1, -0.05) is 35.3 Å². The van der Waals surface area contributed by atoms with E-state index in [0.29, 0.717) is 21.3 Å². The molecule has 6 nitrogen and oxygen atoms in total. The zero-order chi connectivity index (χ0) is 19.3. The van der Waals surface area contributed by atoms with Crippen molar-refractivity contribution in [1.82, 2.24) is 5.32 Å². The Balaban J connectivity index is 2.15. The third-order valence-corrected chi connectivity index (χ3v) is 4.07. The minimum atomic E-state index is -1.19. The van der Waals surface area contributed by atoms with Crippen LogP contribution >= 0.6 is 23.2 Å². The van der Waals surface area contributed by atoms with Crippen molar-refractivity contribution in [3.8, 4) is 0 Å². The maximum absolute atomic E-state index is 12.4. The highest BCUT2D eigenvalue weighted by Gasteiger charge is 2.22. The summed E-state index contributed by atoms with van der Waals surface area (Å²) >= 11 is 11.9. The highest BCUT2D eigenvalue weighted by atomic mass is 35.5. The van der Waals surface area contributed by atoms with E-state index in [9.17, 15) is 19.5 Å². The van der Waals surface area contributed by atoms with E-state index in [0.717, 1.165) is 0 Å². The van der Waals surface area contributed by atoms with Crippen LogP contribution in [-0.4, -0.2) is 28.9 Å². The number of carbonyl (C=O) groups is 3. The predicted molar refractivity (Wildman–Crippen MR) is 99.8 cm³/mol. The molecule has 0 aromatic heterocycles. The van der Waals surface area contributed by atoms with Crippen LogP contribution in [0.4, 0.5) is 5.69 Å². The Morgan fingerprint density at radius 3 is 2.46 bits per heavy atom. The van der Waals surface area contributed by atoms with Crippen LogP contribution in [0.1, 0.15) is 22.8 Å². The Morgan fingerprint density at radius 1 is 1.12 bits per heavy atom. The van der Waals surface area contributed by atoms with Gasteiger partial charge in [-0.3, -0.25) is 9.59 Å². The lowest BCUT2D eigenvalue weighted by Crippen LogP contribution is -2.42. The van der Waals surface area contributed by atoms with E-state index in [4.69, 9.17) is 23.2 Å². The van der Waals surface area contributed by atoms with Crippen molar-refractivity contribution in [3.05, 3.63) is 63.6 Å². The van der Waals surface area contributed by atoms with Gasteiger partial charge in [0.25, 0.3) is 5.91 Å². The Morgan fingerprint density at radius 2 is 1.85 bits per heavy atom. The quantitative estimate of drug-likeness (QED) is 0.699. The zero-order valence-corrected chi connectivity index (χ0v) is 15.3. The summed E-state index contributed by atoms with van der Waals surface area (Å²) in [5.41, 5.74) is 1.22. The summed E-state index contributed by atoms with van der Waals surface area (Å²) in [4.78, 5) is 35.0. The third kappa shape index (κ3) is 5.47. The van der Waals surface area contributed by atoms with Crippen molar-refractivity contribution in [2.24, 2.45) is 0 Å². The van der Waals surface area contributed by atoms with Gasteiger partial charge in [-0.05, 0) is 35.9 Å². The number of carbonyl (C=O) groups excluding carboxylic acids is 2. The molecule has 136 valence electrons. The summed E-state index contributed by atoms with van der Waals surface area (Å²) in [6, 6.07) is 9.75. The second kappa shape index (κ2) is 8.69. The second-order valence-electron chi connectivity index (χ2n) is 5.57. The molecule has 2 rings (SSSR count). The number of nitrogens with one attached hydrogen (secondary N) is 2. The van der Waals surface area contributed by atoms with Crippen LogP contribution in [0.3, 0.4) is 0 Å². The summed E-state index contributed by atoms with van der Waals surface area (Å²) in [7, 11) is 0. The van der Waals surface area contributed by atoms with E-state index in [1.807, 2.05) is 0 Å². The molecule has 0 bridgehead atoms. The smallest absolute Gasteiger partial charge is 0.326 e. The number of carboxylic acid groups (broad SMARTS) is 1. The van der Waals surface area contributed by atoms with E-state index in [-0.39, 0.29) is 17.9 Å². The Hall–Kier alpha value is -2.57. The topological polar surface area (TPSA) is 95.5 Å². The Bertz CT molecular complexity index is 855. The number of anilines is 1. The average Bonchev–Trinajstić information content (AvgIpc) is 2.55. The van der Waals surface area contributed by atoms with E-state index >= 15 is 0 Å². The van der Waals surface area contributed by atoms with Crippen LogP contribution in [0.15, 0.2) is 42.5 Å². The van der Waals surface area contributed by atoms with Gasteiger partial charge in [-0.25, -0.2) is 4.79 Å². The van der Waals surface area contributed by atoms with Crippen LogP contribution in [0.5, 0.6) is 0 Å². The molecule has 0 radical (unpaired) electrons. The first-order valence-corrected chi connectivity index (χ1v) is 8.37. The third-order valence-electron chi connectivity index (χ3n) is 3.49. The molecule has 0 aliphatic rings. The van der Waals surface area contributed by atoms with Crippen LogP contribution < -0.4 is 10.6 Å². The van der Waals surface area contributed by atoms with Crippen molar-refractivity contribution < 1.29 is 19.5 Å². The molecule has 1 atom stereocenters. The summed E-state index contributed by atoms with van der Waals surface area (Å²) in [6.07, 6.45) is 0.00244. The molecule has 3 N–H and O–H groups in total. The molecule has 2 aromatic rings. The monoisotopic (exact) mass is 394 g/mol. The fourth-order valence-corrected chi connectivity index (χ4v) is 2.78. The Labute approximate surface area is 160 Å². The van der Waals surface area contributed by atoms with E-state index < -0.39 is 17.9 Å². The second-order valence-corrected chi connectivity index (χ2v) is 6.41. The molecule has 0 fully saturated rings. The highest BCUT2D eigenvalue weighted by molar-refractivity contribution is 6.35. The molecule has 0 aliphatic carbocycles. The normalized spacial score (nSPS) is 11.5. The molecule has 8 heteroatoms. The molecule has 2 aromatic carbocycles. The van der Waals surface area contributed by atoms with Gasteiger partial charge in [0.1, 0.15) is 6.04 Å². The summed E-state index contributed by atoms with van der Waals surface area (Å²) in [5.74, 6) is -2.04. The van der Waals surface area contributed by atoms with Gasteiger partial charge in [-0.15, -0.1) is 0 Å². The van der Waals surface area contributed by atoms with Crippen LogP contribution in [0.25, 0.3) is 0 Å². The number of rotatable bonds is 6. The number of benzene rings is 2. The van der Waals surface area contributed by atoms with Crippen molar-refractivity contribution in [2.45, 2.75) is 19.4 Å². The predicted octanol–water partition coefficient (Wildman–Crippen LogP) is 3.38. The van der Waals surface area contributed by atoms with Gasteiger partial charge in [0, 0.05) is 34.6 Å². The SMILES string of the molecule is CC(=O)Nc1cccc(C(=O)N[C@H](Cc2ccc(Cl)cc2Cl)C(=O)O)c1. The van der Waals surface area contributed by atoms with Crippen LogP contribution in [-0.2, 0) is 16.0 Å². The maximum atomic E-state index is 12.4. The fraction of sp³-hybridized carbons (Fsp3) is 0.167. The number of carboxylic acids is 1. The number of amides is 2. The van der Waals surface area contributed by atoms with Gasteiger partial charge in [0.05, 0.1) is 0 Å². The lowest BCUT2D eigenvalue weighted by Gasteiger charge is -2.16. The number of aliphatic carboxylic acids is 1. The number of hydrogen-bond acceptors (Lipinski definition) is 3. The van der Waals surface area contributed by atoms with E-state index in [1.54, 1.807) is 24.3 Å². The first kappa shape index (κ1) is 19.8. The van der Waals surface area contributed by atoms with Crippen molar-refractivity contribution in [3.63, 3.8) is 0 Å². The first-order valence-electron chi connectivity index (χ1n) is 7.61. The van der Waals surface area contributed by atoms with Crippen LogP contribution in [0, 0.1) is 0 Å². The van der Waals surface area contributed by atoms with E-state index in [1.165, 1.54) is 25.1 Å². The fourth-order valence-electron chi connectivity index (χ4n) is 2.29. The van der Waals surface area contributed by atoms with Gasteiger partial charge < -0.3 is 15.7 Å². The van der Waals surface area contributed by atoms with Gasteiger partial charge in [-0.2, -0.15) is 0 Å². The molecule has 0 aliphatic heterocycles. The summed E-state index contributed by atoms with van der Waals surface area (Å²) in [6.45, 7) is 1.35. The molecule has 0 spiro atoms. The summed E-state index contributed by atoms with van der Waals surface area (Å²) in [5, 5.41) is 15.2. The van der Waals surface area contributed by atoms with Gasteiger partial charge in [0.15, 0.2) is 0 Å². The number of halogens is 2. The highest BCUT2D eigenvalue weighted by Crippen LogP contribution is 2.22. The van der Waals surface area contributed by atoms with E-state index in [2.05, 4.69) is 10.6 Å². The molecule has 26 heavy (non-hydrogen) atoms. The number of hydrogen-bond donors (Lipinski definition) is 3. The lowest BCUT2D eigenvalue weighted by atomic mass is 10.1. The van der Waals surface area contributed by atoms with Crippen molar-refractivity contribution in [1.29, 1.82) is 0 Å². The largest absolute Gasteiger partial charge is 0.480 e. The van der Waals surface area contributed by atoms with Gasteiger partial charge in [0.2, 0.25) is 5.91 Å². The molecular weight excluding hydrogens is 379 g/mol. The zero-order valence-electron chi connectivity index (χ0n) is 13.8. The molecular formula is C18H16Cl2N2O4. The first-order chi connectivity index (χ1) is 12.3. The maximum Gasteiger partial charge on any atom is 0.326 e. The van der Waals surface area contributed by atoms with Crippen LogP contribution in [0.2, 0.25) is 10.0 Å². The van der Waals surface area contributed by atoms with Crippen molar-refractivity contribution >= 4 is 46.7 Å². The average molecular weight is 395 g/mol. The molecule has 2 amide bonds. The molecule has 0 saturated carbocycles. The standard InChI is InChI=1S/C18H16Cl2N2O4/c1-10(23)21-14-4-2-3-12(7-14)17(24)22-16(18(25)26)8-11-5-6-13(19)9-15(11)20/h2-7,9,16H,8H2,1H3,(H,21,23)(H,22,24)(H,25,26)/t16-/m1/s1. The van der Waals surface area contributed by atoms with Gasteiger partial charge >= 0.3 is 5.97 Å². The lowest BCUT2D eigenvalue weighted by molar-refractivity contribution is -0.139. The summed E-state index contributed by atoms with van der Waals surface area (Å²) < 4.78 is 0.